The number of ether oxygens (including phenoxy) is 1. The highest BCUT2D eigenvalue weighted by molar-refractivity contribution is 7.18. The van der Waals surface area contributed by atoms with Crippen LogP contribution in [0.5, 0.6) is 0 Å². The van der Waals surface area contributed by atoms with Gasteiger partial charge in [-0.2, -0.15) is 0 Å². The maximum atomic E-state index is 13.2. The summed E-state index contributed by atoms with van der Waals surface area (Å²) in [4.78, 5) is 28.3. The second kappa shape index (κ2) is 7.50. The van der Waals surface area contributed by atoms with Crippen molar-refractivity contribution < 1.29 is 4.74 Å². The summed E-state index contributed by atoms with van der Waals surface area (Å²) in [7, 11) is 0. The number of nitrogens with one attached hydrogen (secondary N) is 1. The van der Waals surface area contributed by atoms with Gasteiger partial charge >= 0.3 is 5.69 Å². The number of hydrogen-bond donors (Lipinski definition) is 2. The van der Waals surface area contributed by atoms with Crippen molar-refractivity contribution in [3.8, 4) is 0 Å². The first kappa shape index (κ1) is 18.9. The molecule has 8 heteroatoms. The molecule has 2 aliphatic rings. The van der Waals surface area contributed by atoms with Gasteiger partial charge in [-0.1, -0.05) is 6.92 Å². The van der Waals surface area contributed by atoms with Crippen LogP contribution < -0.4 is 22.3 Å². The number of nitrogens with zero attached hydrogens (tertiary/aromatic N) is 2. The molecular weight excluding hydrogens is 364 g/mol. The minimum Gasteiger partial charge on any atom is -0.376 e. The molecule has 27 heavy (non-hydrogen) atoms. The second-order valence-corrected chi connectivity index (χ2v) is 8.86. The Balaban J connectivity index is 1.85. The van der Waals surface area contributed by atoms with Crippen molar-refractivity contribution in [1.29, 1.82) is 0 Å². The van der Waals surface area contributed by atoms with E-state index in [0.29, 0.717) is 30.9 Å². The van der Waals surface area contributed by atoms with E-state index in [-0.39, 0.29) is 23.4 Å². The Labute approximate surface area is 162 Å². The topological polar surface area (TPSA) is 91.3 Å². The fraction of sp³-hybridized carbons (Fsp3) is 0.684. The van der Waals surface area contributed by atoms with Gasteiger partial charge in [0.05, 0.1) is 18.0 Å². The maximum absolute atomic E-state index is 13.2. The van der Waals surface area contributed by atoms with E-state index in [4.69, 9.17) is 10.5 Å². The number of aromatic nitrogens is 2. The van der Waals surface area contributed by atoms with Crippen LogP contribution in [-0.2, 0) is 17.8 Å². The molecule has 0 bridgehead atoms. The summed E-state index contributed by atoms with van der Waals surface area (Å²) in [6.45, 7) is 7.30. The van der Waals surface area contributed by atoms with Gasteiger partial charge in [-0.3, -0.25) is 13.9 Å². The van der Waals surface area contributed by atoms with Gasteiger partial charge in [0, 0.05) is 37.2 Å². The maximum Gasteiger partial charge on any atom is 0.332 e. The minimum absolute atomic E-state index is 0.0308. The van der Waals surface area contributed by atoms with Crippen LogP contribution in [0.2, 0.25) is 0 Å². The van der Waals surface area contributed by atoms with E-state index >= 15 is 0 Å². The van der Waals surface area contributed by atoms with Crippen molar-refractivity contribution in [3.05, 3.63) is 31.3 Å². The van der Waals surface area contributed by atoms with Crippen LogP contribution in [0.1, 0.15) is 42.7 Å². The Kier molecular flexibility index (Phi) is 5.24. The minimum atomic E-state index is -0.180. The molecule has 0 spiro atoms. The number of thiophene rings is 1. The van der Waals surface area contributed by atoms with E-state index < -0.39 is 0 Å². The highest BCUT2D eigenvalue weighted by Gasteiger charge is 2.38. The lowest BCUT2D eigenvalue weighted by atomic mass is 10.2. The predicted molar refractivity (Wildman–Crippen MR) is 108 cm³/mol. The van der Waals surface area contributed by atoms with Gasteiger partial charge in [-0.05, 0) is 37.7 Å². The monoisotopic (exact) mass is 392 g/mol. The van der Waals surface area contributed by atoms with Crippen LogP contribution in [0.3, 0.4) is 0 Å². The first-order valence-electron chi connectivity index (χ1n) is 9.82. The lowest BCUT2D eigenvalue weighted by molar-refractivity contribution is 0.0966. The summed E-state index contributed by atoms with van der Waals surface area (Å²) in [5.74, 6) is 0.383. The molecule has 1 aliphatic carbocycles. The molecule has 2 aromatic heterocycles. The van der Waals surface area contributed by atoms with Crippen LogP contribution in [0.15, 0.2) is 9.59 Å². The van der Waals surface area contributed by atoms with Crippen LogP contribution >= 0.6 is 11.3 Å². The first-order valence-corrected chi connectivity index (χ1v) is 10.6. The quantitative estimate of drug-likeness (QED) is 0.694. The summed E-state index contributed by atoms with van der Waals surface area (Å²) in [6.07, 6.45) is 2.94. The Morgan fingerprint density at radius 1 is 1.37 bits per heavy atom. The normalized spacial score (nSPS) is 24.8. The molecule has 2 fully saturated rings. The molecule has 3 atom stereocenters. The van der Waals surface area contributed by atoms with Crippen molar-refractivity contribution in [2.45, 2.75) is 58.3 Å². The number of rotatable bonds is 7. The molecule has 3 heterocycles. The molecule has 7 nitrogen and oxygen atoms in total. The van der Waals surface area contributed by atoms with E-state index in [9.17, 15) is 9.59 Å². The van der Waals surface area contributed by atoms with Crippen molar-refractivity contribution in [2.24, 2.45) is 11.7 Å². The molecule has 3 N–H and O–H groups in total. The molecule has 2 unspecified atom stereocenters. The van der Waals surface area contributed by atoms with Gasteiger partial charge in [0.25, 0.3) is 5.56 Å². The largest absolute Gasteiger partial charge is 0.376 e. The van der Waals surface area contributed by atoms with Crippen LogP contribution in [-0.4, -0.2) is 34.9 Å². The SMILES string of the molecule is Cc1c(CNCCN)sc2c1c(=O)n(C1CC1C)c(=O)n2C[C@H]1CCCO1. The fourth-order valence-electron chi connectivity index (χ4n) is 3.99. The number of nitrogens with two attached hydrogens (primary N) is 1. The standard InChI is InChI=1S/C19H28N4O3S/c1-11-8-14(11)23-17(24)16-12(2)15(9-21-6-5-20)27-18(16)22(19(23)25)10-13-4-3-7-26-13/h11,13-14,21H,3-10,20H2,1-2H3/t11?,13-,14?/m1/s1. The van der Waals surface area contributed by atoms with E-state index in [1.807, 2.05) is 6.92 Å². The smallest absolute Gasteiger partial charge is 0.332 e. The third-order valence-electron chi connectivity index (χ3n) is 5.76. The van der Waals surface area contributed by atoms with Gasteiger partial charge < -0.3 is 15.8 Å². The Hall–Kier alpha value is -1.48. The molecule has 1 saturated carbocycles. The second-order valence-electron chi connectivity index (χ2n) is 7.78. The zero-order valence-corrected chi connectivity index (χ0v) is 16.8. The summed E-state index contributed by atoms with van der Waals surface area (Å²) >= 11 is 1.55. The van der Waals surface area contributed by atoms with Crippen molar-refractivity contribution in [1.82, 2.24) is 14.5 Å². The first-order chi connectivity index (χ1) is 13.0. The lowest BCUT2D eigenvalue weighted by Gasteiger charge is -2.15. The van der Waals surface area contributed by atoms with Crippen LogP contribution in [0, 0.1) is 12.8 Å². The highest BCUT2D eigenvalue weighted by atomic mass is 32.1. The van der Waals surface area contributed by atoms with Gasteiger partial charge in [-0.25, -0.2) is 4.79 Å². The van der Waals surface area contributed by atoms with Gasteiger partial charge in [0.2, 0.25) is 0 Å². The summed E-state index contributed by atoms with van der Waals surface area (Å²) in [5.41, 5.74) is 6.23. The molecule has 0 aromatic carbocycles. The average Bonchev–Trinajstić information content (AvgIpc) is 3.03. The van der Waals surface area contributed by atoms with Crippen LogP contribution in [0.4, 0.5) is 0 Å². The van der Waals surface area contributed by atoms with Crippen molar-refractivity contribution >= 4 is 21.6 Å². The van der Waals surface area contributed by atoms with Crippen LogP contribution in [0.25, 0.3) is 10.2 Å². The third-order valence-corrected chi connectivity index (χ3v) is 7.07. The zero-order chi connectivity index (χ0) is 19.1. The molecule has 0 radical (unpaired) electrons. The van der Waals surface area contributed by atoms with Gasteiger partial charge in [-0.15, -0.1) is 11.3 Å². The van der Waals surface area contributed by atoms with Crippen molar-refractivity contribution in [2.75, 3.05) is 19.7 Å². The molecular formula is C19H28N4O3S. The molecule has 148 valence electrons. The Morgan fingerprint density at radius 3 is 2.78 bits per heavy atom. The zero-order valence-electron chi connectivity index (χ0n) is 16.0. The van der Waals surface area contributed by atoms with Gasteiger partial charge in [0.15, 0.2) is 0 Å². The third kappa shape index (κ3) is 3.40. The molecule has 1 aliphatic heterocycles. The van der Waals surface area contributed by atoms with E-state index in [0.717, 1.165) is 47.7 Å². The van der Waals surface area contributed by atoms with E-state index in [2.05, 4.69) is 12.2 Å². The highest BCUT2D eigenvalue weighted by Crippen LogP contribution is 2.41. The molecule has 0 amide bonds. The Bertz CT molecular complexity index is 954. The molecule has 1 saturated heterocycles. The summed E-state index contributed by atoms with van der Waals surface area (Å²) in [6, 6.07) is 0.0308. The molecule has 4 rings (SSSR count). The van der Waals surface area contributed by atoms with Gasteiger partial charge in [0.1, 0.15) is 4.83 Å². The number of fused-ring (bicyclic) bond motifs is 1. The Morgan fingerprint density at radius 2 is 2.15 bits per heavy atom. The number of aryl methyl sites for hydroxylation is 1. The average molecular weight is 393 g/mol. The fourth-order valence-corrected chi connectivity index (χ4v) is 5.26. The molecule has 2 aromatic rings. The summed E-state index contributed by atoms with van der Waals surface area (Å²) < 4.78 is 9.07. The number of hydrogen-bond acceptors (Lipinski definition) is 6. The van der Waals surface area contributed by atoms with E-state index in [1.165, 1.54) is 4.57 Å². The predicted octanol–water partition coefficient (Wildman–Crippen LogP) is 1.34. The summed E-state index contributed by atoms with van der Waals surface area (Å²) in [5, 5.41) is 4.00. The lowest BCUT2D eigenvalue weighted by Crippen LogP contribution is -2.41. The van der Waals surface area contributed by atoms with E-state index in [1.54, 1.807) is 15.9 Å². The van der Waals surface area contributed by atoms with Crippen molar-refractivity contribution in [3.63, 3.8) is 0 Å².